The average molecular weight is 295 g/mol. The van der Waals surface area contributed by atoms with Crippen molar-refractivity contribution in [2.24, 2.45) is 11.7 Å². The molecular weight excluding hydrogens is 266 g/mol. The van der Waals surface area contributed by atoms with E-state index < -0.39 is 5.54 Å². The zero-order valence-corrected chi connectivity index (χ0v) is 13.4. The predicted molar refractivity (Wildman–Crippen MR) is 82.6 cm³/mol. The van der Waals surface area contributed by atoms with Gasteiger partial charge < -0.3 is 16.0 Å². The van der Waals surface area contributed by atoms with Crippen molar-refractivity contribution >= 4 is 11.8 Å². The fraction of sp³-hybridized carbons (Fsp3) is 0.875. The highest BCUT2D eigenvalue weighted by Crippen LogP contribution is 2.27. The van der Waals surface area contributed by atoms with Gasteiger partial charge in [-0.1, -0.05) is 26.7 Å². The van der Waals surface area contributed by atoms with Crippen LogP contribution in [0.3, 0.4) is 0 Å². The average Bonchev–Trinajstić information content (AvgIpc) is 2.87. The molecule has 5 nitrogen and oxygen atoms in total. The second-order valence-electron chi connectivity index (χ2n) is 7.09. The molecule has 0 radical (unpaired) electrons. The Morgan fingerprint density at radius 1 is 1.24 bits per heavy atom. The molecular formula is C16H29N3O2. The zero-order chi connectivity index (χ0) is 15.5. The number of nitrogens with two attached hydrogens (primary N) is 1. The molecule has 2 fully saturated rings. The summed E-state index contributed by atoms with van der Waals surface area (Å²) in [6, 6.07) is 0.168. The van der Waals surface area contributed by atoms with Gasteiger partial charge in [-0.25, -0.2) is 0 Å². The van der Waals surface area contributed by atoms with Gasteiger partial charge >= 0.3 is 0 Å². The fourth-order valence-corrected chi connectivity index (χ4v) is 3.31. The maximum Gasteiger partial charge on any atom is 0.240 e. The van der Waals surface area contributed by atoms with Gasteiger partial charge in [0.15, 0.2) is 0 Å². The monoisotopic (exact) mass is 295 g/mol. The van der Waals surface area contributed by atoms with E-state index in [4.69, 9.17) is 5.73 Å². The van der Waals surface area contributed by atoms with Crippen LogP contribution in [0, 0.1) is 5.92 Å². The minimum atomic E-state index is -0.648. The molecule has 1 aliphatic heterocycles. The van der Waals surface area contributed by atoms with Gasteiger partial charge in [0, 0.05) is 25.6 Å². The lowest BCUT2D eigenvalue weighted by Gasteiger charge is -2.34. The van der Waals surface area contributed by atoms with Crippen LogP contribution in [0.2, 0.25) is 0 Å². The lowest BCUT2D eigenvalue weighted by molar-refractivity contribution is -0.133. The highest BCUT2D eigenvalue weighted by Gasteiger charge is 2.38. The molecule has 2 aliphatic rings. The molecule has 1 heterocycles. The molecule has 0 atom stereocenters. The Balaban J connectivity index is 1.76. The first-order valence-corrected chi connectivity index (χ1v) is 8.28. The van der Waals surface area contributed by atoms with Gasteiger partial charge in [-0.3, -0.25) is 9.59 Å². The van der Waals surface area contributed by atoms with Crippen molar-refractivity contribution in [2.75, 3.05) is 13.1 Å². The van der Waals surface area contributed by atoms with E-state index in [0.717, 1.165) is 51.6 Å². The number of rotatable bonds is 4. The molecule has 1 saturated heterocycles. The normalized spacial score (nSPS) is 22.6. The first-order chi connectivity index (χ1) is 9.90. The van der Waals surface area contributed by atoms with Crippen molar-refractivity contribution in [3.63, 3.8) is 0 Å². The Hall–Kier alpha value is -1.10. The van der Waals surface area contributed by atoms with E-state index in [1.807, 2.05) is 4.90 Å². The summed E-state index contributed by atoms with van der Waals surface area (Å²) in [4.78, 5) is 26.2. The molecule has 1 saturated carbocycles. The third kappa shape index (κ3) is 4.19. The summed E-state index contributed by atoms with van der Waals surface area (Å²) in [5.41, 5.74) is 5.53. The number of hydrogen-bond acceptors (Lipinski definition) is 3. The lowest BCUT2D eigenvalue weighted by atomic mass is 9.96. The number of likely N-dealkylation sites (tertiary alicyclic amines) is 1. The van der Waals surface area contributed by atoms with Crippen molar-refractivity contribution in [3.05, 3.63) is 0 Å². The minimum absolute atomic E-state index is 0.00644. The van der Waals surface area contributed by atoms with Gasteiger partial charge in [0.1, 0.15) is 0 Å². The van der Waals surface area contributed by atoms with Crippen molar-refractivity contribution in [1.82, 2.24) is 10.2 Å². The molecule has 2 rings (SSSR count). The van der Waals surface area contributed by atoms with Crippen LogP contribution in [0.5, 0.6) is 0 Å². The number of carbonyl (C=O) groups is 2. The van der Waals surface area contributed by atoms with Crippen LogP contribution in [0.25, 0.3) is 0 Å². The smallest absolute Gasteiger partial charge is 0.240 e. The zero-order valence-electron chi connectivity index (χ0n) is 13.4. The number of carbonyl (C=O) groups excluding carboxylic acids is 2. The number of hydrogen-bond donors (Lipinski definition) is 2. The first-order valence-electron chi connectivity index (χ1n) is 8.28. The number of piperidine rings is 1. The van der Waals surface area contributed by atoms with Crippen LogP contribution < -0.4 is 11.1 Å². The summed E-state index contributed by atoms with van der Waals surface area (Å²) >= 11 is 0. The molecule has 21 heavy (non-hydrogen) atoms. The number of nitrogens with one attached hydrogen (secondary N) is 1. The highest BCUT2D eigenvalue weighted by atomic mass is 16.2. The maximum atomic E-state index is 12.3. The van der Waals surface area contributed by atoms with Crippen LogP contribution in [-0.4, -0.2) is 41.4 Å². The minimum Gasteiger partial charge on any atom is -0.352 e. The summed E-state index contributed by atoms with van der Waals surface area (Å²) in [6.07, 6.45) is 5.98. The summed E-state index contributed by atoms with van der Waals surface area (Å²) in [6.45, 7) is 5.61. The third-order valence-electron chi connectivity index (χ3n) is 4.71. The molecule has 0 bridgehead atoms. The number of amides is 2. The summed E-state index contributed by atoms with van der Waals surface area (Å²) < 4.78 is 0. The number of nitrogens with zero attached hydrogens (tertiary/aromatic N) is 1. The fourth-order valence-electron chi connectivity index (χ4n) is 3.31. The van der Waals surface area contributed by atoms with E-state index in [2.05, 4.69) is 19.2 Å². The molecule has 120 valence electrons. The van der Waals surface area contributed by atoms with Gasteiger partial charge in [0.05, 0.1) is 5.54 Å². The van der Waals surface area contributed by atoms with Crippen LogP contribution in [-0.2, 0) is 9.59 Å². The van der Waals surface area contributed by atoms with Crippen LogP contribution >= 0.6 is 0 Å². The van der Waals surface area contributed by atoms with E-state index in [0.29, 0.717) is 12.3 Å². The quantitative estimate of drug-likeness (QED) is 0.823. The first kappa shape index (κ1) is 16.3. The van der Waals surface area contributed by atoms with E-state index in [-0.39, 0.29) is 17.9 Å². The maximum absolute atomic E-state index is 12.3. The van der Waals surface area contributed by atoms with E-state index in [9.17, 15) is 9.59 Å². The largest absolute Gasteiger partial charge is 0.352 e. The molecule has 0 aromatic carbocycles. The Morgan fingerprint density at radius 3 is 2.33 bits per heavy atom. The standard InChI is InChI=1S/C16H29N3O2/c1-12(2)11-14(20)19-9-5-13(6-10-19)18-15(21)16(17)7-3-4-8-16/h12-13H,3-11,17H2,1-2H3,(H,18,21). The SMILES string of the molecule is CC(C)CC(=O)N1CCC(NC(=O)C2(N)CCCC2)CC1. The lowest BCUT2D eigenvalue weighted by Crippen LogP contribution is -2.56. The molecule has 0 aromatic heterocycles. The van der Waals surface area contributed by atoms with Crippen LogP contribution in [0.15, 0.2) is 0 Å². The molecule has 1 aliphatic carbocycles. The molecule has 0 unspecified atom stereocenters. The van der Waals surface area contributed by atoms with Gasteiger partial charge in [-0.05, 0) is 31.6 Å². The summed E-state index contributed by atoms with van der Waals surface area (Å²) in [5.74, 6) is 0.641. The molecule has 5 heteroatoms. The molecule has 0 spiro atoms. The van der Waals surface area contributed by atoms with Crippen molar-refractivity contribution in [3.8, 4) is 0 Å². The van der Waals surface area contributed by atoms with Gasteiger partial charge in [-0.2, -0.15) is 0 Å². The second kappa shape index (κ2) is 6.77. The molecule has 3 N–H and O–H groups in total. The molecule has 2 amide bonds. The Kier molecular flexibility index (Phi) is 5.25. The van der Waals surface area contributed by atoms with Crippen molar-refractivity contribution in [1.29, 1.82) is 0 Å². The van der Waals surface area contributed by atoms with E-state index >= 15 is 0 Å². The van der Waals surface area contributed by atoms with Gasteiger partial charge in [0.25, 0.3) is 0 Å². The van der Waals surface area contributed by atoms with Crippen LogP contribution in [0.1, 0.15) is 58.8 Å². The Labute approximate surface area is 127 Å². The Morgan fingerprint density at radius 2 is 1.81 bits per heavy atom. The van der Waals surface area contributed by atoms with E-state index in [1.54, 1.807) is 0 Å². The highest BCUT2D eigenvalue weighted by molar-refractivity contribution is 5.86. The van der Waals surface area contributed by atoms with E-state index in [1.165, 1.54) is 0 Å². The predicted octanol–water partition coefficient (Wildman–Crippen LogP) is 1.41. The summed E-state index contributed by atoms with van der Waals surface area (Å²) in [7, 11) is 0. The van der Waals surface area contributed by atoms with Gasteiger partial charge in [0.2, 0.25) is 11.8 Å². The topological polar surface area (TPSA) is 75.4 Å². The van der Waals surface area contributed by atoms with Crippen molar-refractivity contribution in [2.45, 2.75) is 70.4 Å². The van der Waals surface area contributed by atoms with Crippen LogP contribution in [0.4, 0.5) is 0 Å². The van der Waals surface area contributed by atoms with Gasteiger partial charge in [-0.15, -0.1) is 0 Å². The molecule has 0 aromatic rings. The Bertz CT molecular complexity index is 381. The second-order valence-corrected chi connectivity index (χ2v) is 7.09. The third-order valence-corrected chi connectivity index (χ3v) is 4.71. The van der Waals surface area contributed by atoms with Crippen molar-refractivity contribution < 1.29 is 9.59 Å². The summed E-state index contributed by atoms with van der Waals surface area (Å²) in [5, 5.41) is 3.10.